The fourth-order valence-electron chi connectivity index (χ4n) is 3.03. The normalized spacial score (nSPS) is 16.6. The number of rotatable bonds is 2. The van der Waals surface area contributed by atoms with Crippen molar-refractivity contribution in [1.29, 1.82) is 0 Å². The molecule has 20 heavy (non-hydrogen) atoms. The molecular formula is C17H23N3. The maximum Gasteiger partial charge on any atom is 0.110 e. The molecule has 1 saturated heterocycles. The first-order chi connectivity index (χ1) is 9.65. The second kappa shape index (κ2) is 5.41. The number of hydrogen-bond donors (Lipinski definition) is 2. The first kappa shape index (κ1) is 13.4. The summed E-state index contributed by atoms with van der Waals surface area (Å²) in [5.41, 5.74) is 6.16. The zero-order valence-corrected chi connectivity index (χ0v) is 12.6. The van der Waals surface area contributed by atoms with Crippen LogP contribution in [0.4, 0.5) is 0 Å². The lowest BCUT2D eigenvalue weighted by Crippen LogP contribution is -2.27. The average molecular weight is 269 g/mol. The SMILES string of the molecule is Cc1ccc(C)c(-c2nc(C3CCNCC3)[nH]c2C)c1. The molecule has 0 radical (unpaired) electrons. The Balaban J connectivity index is 1.98. The number of nitrogens with one attached hydrogen (secondary N) is 2. The predicted molar refractivity (Wildman–Crippen MR) is 83.1 cm³/mol. The topological polar surface area (TPSA) is 40.7 Å². The molecule has 1 fully saturated rings. The van der Waals surface area contributed by atoms with Crippen molar-refractivity contribution in [2.45, 2.75) is 39.5 Å². The molecular weight excluding hydrogens is 246 g/mol. The Morgan fingerprint density at radius 2 is 1.85 bits per heavy atom. The molecule has 0 amide bonds. The highest BCUT2D eigenvalue weighted by Gasteiger charge is 2.20. The summed E-state index contributed by atoms with van der Waals surface area (Å²) in [6, 6.07) is 6.59. The zero-order valence-electron chi connectivity index (χ0n) is 12.6. The predicted octanol–water partition coefficient (Wildman–Crippen LogP) is 3.47. The van der Waals surface area contributed by atoms with Crippen LogP contribution in [0.3, 0.4) is 0 Å². The van der Waals surface area contributed by atoms with Crippen molar-refractivity contribution in [1.82, 2.24) is 15.3 Å². The van der Waals surface area contributed by atoms with Gasteiger partial charge in [-0.25, -0.2) is 4.98 Å². The molecule has 0 aliphatic carbocycles. The minimum absolute atomic E-state index is 0.578. The van der Waals surface area contributed by atoms with Gasteiger partial charge in [-0.1, -0.05) is 17.7 Å². The van der Waals surface area contributed by atoms with Crippen LogP contribution in [0.25, 0.3) is 11.3 Å². The summed E-state index contributed by atoms with van der Waals surface area (Å²) in [7, 11) is 0. The minimum Gasteiger partial charge on any atom is -0.345 e. The Morgan fingerprint density at radius 3 is 2.60 bits per heavy atom. The number of aryl methyl sites for hydroxylation is 3. The van der Waals surface area contributed by atoms with Gasteiger partial charge in [0.05, 0.1) is 5.69 Å². The van der Waals surface area contributed by atoms with Gasteiger partial charge in [0.2, 0.25) is 0 Å². The lowest BCUT2D eigenvalue weighted by Gasteiger charge is -2.20. The summed E-state index contributed by atoms with van der Waals surface area (Å²) in [6.07, 6.45) is 2.36. The highest BCUT2D eigenvalue weighted by Crippen LogP contribution is 2.30. The molecule has 106 valence electrons. The molecule has 0 atom stereocenters. The van der Waals surface area contributed by atoms with E-state index in [2.05, 4.69) is 49.3 Å². The number of hydrogen-bond acceptors (Lipinski definition) is 2. The quantitative estimate of drug-likeness (QED) is 0.876. The van der Waals surface area contributed by atoms with Crippen LogP contribution in [-0.4, -0.2) is 23.1 Å². The summed E-state index contributed by atoms with van der Waals surface area (Å²) in [4.78, 5) is 8.44. The molecule has 0 bridgehead atoms. The van der Waals surface area contributed by atoms with Gasteiger partial charge < -0.3 is 10.3 Å². The summed E-state index contributed by atoms with van der Waals surface area (Å²) in [6.45, 7) is 8.63. The van der Waals surface area contributed by atoms with E-state index in [4.69, 9.17) is 4.98 Å². The summed E-state index contributed by atoms with van der Waals surface area (Å²) in [5.74, 6) is 1.74. The van der Waals surface area contributed by atoms with E-state index in [1.54, 1.807) is 0 Å². The fraction of sp³-hybridized carbons (Fsp3) is 0.471. The maximum absolute atomic E-state index is 4.92. The Bertz CT molecular complexity index is 607. The van der Waals surface area contributed by atoms with Gasteiger partial charge in [-0.05, 0) is 58.3 Å². The first-order valence-electron chi connectivity index (χ1n) is 7.50. The Morgan fingerprint density at radius 1 is 1.10 bits per heavy atom. The highest BCUT2D eigenvalue weighted by atomic mass is 15.0. The van der Waals surface area contributed by atoms with Gasteiger partial charge in [0, 0.05) is 17.2 Å². The lowest BCUT2D eigenvalue weighted by atomic mass is 9.97. The molecule has 1 aliphatic rings. The summed E-state index contributed by atoms with van der Waals surface area (Å²) >= 11 is 0. The Kier molecular flexibility index (Phi) is 3.62. The van der Waals surface area contributed by atoms with Crippen molar-refractivity contribution in [3.05, 3.63) is 40.8 Å². The third kappa shape index (κ3) is 2.50. The second-order valence-electron chi connectivity index (χ2n) is 5.94. The molecule has 0 spiro atoms. The maximum atomic E-state index is 4.92. The van der Waals surface area contributed by atoms with Crippen molar-refractivity contribution < 1.29 is 0 Å². The van der Waals surface area contributed by atoms with E-state index in [0.717, 1.165) is 18.8 Å². The zero-order chi connectivity index (χ0) is 14.1. The lowest BCUT2D eigenvalue weighted by molar-refractivity contribution is 0.447. The van der Waals surface area contributed by atoms with Gasteiger partial charge in [-0.2, -0.15) is 0 Å². The monoisotopic (exact) mass is 269 g/mol. The van der Waals surface area contributed by atoms with Crippen LogP contribution in [0.15, 0.2) is 18.2 Å². The number of imidazole rings is 1. The van der Waals surface area contributed by atoms with Crippen molar-refractivity contribution in [3.8, 4) is 11.3 Å². The Hall–Kier alpha value is -1.61. The first-order valence-corrected chi connectivity index (χ1v) is 7.50. The van der Waals surface area contributed by atoms with E-state index in [-0.39, 0.29) is 0 Å². The molecule has 1 aromatic heterocycles. The van der Waals surface area contributed by atoms with Crippen LogP contribution in [0.5, 0.6) is 0 Å². The van der Waals surface area contributed by atoms with Gasteiger partial charge in [-0.3, -0.25) is 0 Å². The van der Waals surface area contributed by atoms with Gasteiger partial charge in [0.15, 0.2) is 0 Å². The van der Waals surface area contributed by atoms with Crippen molar-refractivity contribution in [2.24, 2.45) is 0 Å². The molecule has 2 N–H and O–H groups in total. The van der Waals surface area contributed by atoms with E-state index in [0.29, 0.717) is 5.92 Å². The molecule has 0 saturated carbocycles. The second-order valence-corrected chi connectivity index (χ2v) is 5.94. The van der Waals surface area contributed by atoms with Crippen LogP contribution >= 0.6 is 0 Å². The molecule has 0 unspecified atom stereocenters. The molecule has 3 rings (SSSR count). The number of piperidine rings is 1. The van der Waals surface area contributed by atoms with E-state index >= 15 is 0 Å². The molecule has 1 aliphatic heterocycles. The number of aromatic nitrogens is 2. The summed E-state index contributed by atoms with van der Waals surface area (Å²) < 4.78 is 0. The molecule has 2 heterocycles. The van der Waals surface area contributed by atoms with E-state index in [1.807, 2.05) is 0 Å². The van der Waals surface area contributed by atoms with Crippen molar-refractivity contribution >= 4 is 0 Å². The van der Waals surface area contributed by atoms with E-state index in [9.17, 15) is 0 Å². The number of nitrogens with zero attached hydrogens (tertiary/aromatic N) is 1. The van der Waals surface area contributed by atoms with Crippen LogP contribution in [0.1, 0.15) is 41.4 Å². The highest BCUT2D eigenvalue weighted by molar-refractivity contribution is 5.66. The third-order valence-electron chi connectivity index (χ3n) is 4.28. The fourth-order valence-corrected chi connectivity index (χ4v) is 3.03. The van der Waals surface area contributed by atoms with Crippen molar-refractivity contribution in [2.75, 3.05) is 13.1 Å². The van der Waals surface area contributed by atoms with E-state index in [1.165, 1.54) is 41.1 Å². The van der Waals surface area contributed by atoms with Crippen LogP contribution in [-0.2, 0) is 0 Å². The van der Waals surface area contributed by atoms with Gasteiger partial charge in [0.1, 0.15) is 5.82 Å². The Labute approximate surface area is 120 Å². The summed E-state index contributed by atoms with van der Waals surface area (Å²) in [5, 5.41) is 3.41. The molecule has 3 heteroatoms. The van der Waals surface area contributed by atoms with Crippen molar-refractivity contribution in [3.63, 3.8) is 0 Å². The van der Waals surface area contributed by atoms with Gasteiger partial charge in [-0.15, -0.1) is 0 Å². The van der Waals surface area contributed by atoms with Crippen LogP contribution in [0.2, 0.25) is 0 Å². The number of benzene rings is 1. The molecule has 2 aromatic rings. The third-order valence-corrected chi connectivity index (χ3v) is 4.28. The van der Waals surface area contributed by atoms with Gasteiger partial charge in [0.25, 0.3) is 0 Å². The van der Waals surface area contributed by atoms with Crippen LogP contribution < -0.4 is 5.32 Å². The van der Waals surface area contributed by atoms with Gasteiger partial charge >= 0.3 is 0 Å². The largest absolute Gasteiger partial charge is 0.345 e. The molecule has 3 nitrogen and oxygen atoms in total. The number of H-pyrrole nitrogens is 1. The standard InChI is InChI=1S/C17H23N3/c1-11-4-5-12(2)15(10-11)16-13(3)19-17(20-16)14-6-8-18-9-7-14/h4-5,10,14,18H,6-9H2,1-3H3,(H,19,20). The van der Waals surface area contributed by atoms with E-state index < -0.39 is 0 Å². The minimum atomic E-state index is 0.578. The number of aromatic amines is 1. The molecule has 1 aromatic carbocycles. The smallest absolute Gasteiger partial charge is 0.110 e. The average Bonchev–Trinajstić information content (AvgIpc) is 2.84. The van der Waals surface area contributed by atoms with Crippen LogP contribution in [0, 0.1) is 20.8 Å².